The highest BCUT2D eigenvalue weighted by atomic mass is 32.2. The Bertz CT molecular complexity index is 2020. The predicted octanol–water partition coefficient (Wildman–Crippen LogP) is 5.46. The number of alkyl carbamates (subject to hydrolysis) is 1. The number of allylic oxidation sites excluding steroid dienone is 2. The molecule has 2 aromatic rings. The molecule has 5 rings (SSSR count). The van der Waals surface area contributed by atoms with Gasteiger partial charge in [0, 0.05) is 55.4 Å². The number of rotatable bonds is 17. The van der Waals surface area contributed by atoms with E-state index < -0.39 is 64.2 Å². The number of aromatic nitrogens is 1. The summed E-state index contributed by atoms with van der Waals surface area (Å²) in [5.41, 5.74) is 8.72. The van der Waals surface area contributed by atoms with Crippen LogP contribution in [0.2, 0.25) is 0 Å². The van der Waals surface area contributed by atoms with Gasteiger partial charge < -0.3 is 35.6 Å². The maximum absolute atomic E-state index is 14.3. The lowest BCUT2D eigenvalue weighted by Crippen LogP contribution is -2.53. The number of carbonyl (C=O) groups excluding carboxylic acids is 4. The van der Waals surface area contributed by atoms with Crippen LogP contribution in [0.4, 0.5) is 16.2 Å². The molecular weight excluding hydrogens is 809 g/mol. The van der Waals surface area contributed by atoms with Gasteiger partial charge in [0.2, 0.25) is 24.1 Å². The number of nitrogens with two attached hydrogens (primary N) is 1. The van der Waals surface area contributed by atoms with E-state index >= 15 is 0 Å². The van der Waals surface area contributed by atoms with Crippen LogP contribution in [0.3, 0.4) is 0 Å². The summed E-state index contributed by atoms with van der Waals surface area (Å²) in [6.45, 7) is 15.9. The fourth-order valence-electron chi connectivity index (χ4n) is 7.41. The molecular formula is C42H64N8O8S2. The van der Waals surface area contributed by atoms with Crippen LogP contribution >= 0.6 is 11.3 Å². The lowest BCUT2D eigenvalue weighted by Gasteiger charge is -2.32. The highest BCUT2D eigenvalue weighted by Gasteiger charge is 2.45. The fourth-order valence-corrected chi connectivity index (χ4v) is 8.91. The Morgan fingerprint density at radius 1 is 1.08 bits per heavy atom. The second-order valence-corrected chi connectivity index (χ2v) is 21.2. The Kier molecular flexibility index (Phi) is 14.7. The monoisotopic (exact) mass is 872 g/mol. The van der Waals surface area contributed by atoms with Crippen LogP contribution in [0.5, 0.6) is 0 Å². The van der Waals surface area contributed by atoms with Crippen molar-refractivity contribution >= 4 is 56.7 Å². The third-order valence-corrected chi connectivity index (χ3v) is 13.3. The van der Waals surface area contributed by atoms with Crippen LogP contribution in [0.1, 0.15) is 105 Å². The first-order valence-electron chi connectivity index (χ1n) is 20.8. The second kappa shape index (κ2) is 18.8. The Balaban J connectivity index is 1.21. The van der Waals surface area contributed by atoms with Gasteiger partial charge in [-0.3, -0.25) is 14.4 Å². The molecule has 6 atom stereocenters. The van der Waals surface area contributed by atoms with Crippen molar-refractivity contribution in [1.29, 1.82) is 0 Å². The summed E-state index contributed by atoms with van der Waals surface area (Å²) in [5.74, 6) is -1.98. The van der Waals surface area contributed by atoms with Crippen LogP contribution in [0, 0.1) is 11.8 Å². The van der Waals surface area contributed by atoms with Crippen LogP contribution < -0.4 is 26.0 Å². The van der Waals surface area contributed by atoms with Crippen molar-refractivity contribution in [3.05, 3.63) is 40.7 Å². The zero-order valence-electron chi connectivity index (χ0n) is 36.6. The largest absolute Gasteiger partial charge is 0.444 e. The summed E-state index contributed by atoms with van der Waals surface area (Å²) in [4.78, 5) is 61.1. The highest BCUT2D eigenvalue weighted by molar-refractivity contribution is 7.87. The Labute approximate surface area is 359 Å². The maximum atomic E-state index is 14.3. The zero-order chi connectivity index (χ0) is 44.3. The minimum absolute atomic E-state index is 0.00930. The zero-order valence-corrected chi connectivity index (χ0v) is 38.2. The van der Waals surface area contributed by atoms with Crippen molar-refractivity contribution < 1.29 is 37.1 Å². The second-order valence-electron chi connectivity index (χ2n) is 18.4. The Hall–Kier alpha value is -4.26. The minimum atomic E-state index is -3.83. The standard InChI is InChI=1S/C42H64N8O8S2/c1-25(2)50-32-20-16-18-28(31-24-59-38(44-31)41(3,4)5)34(32)46-39(50)57-27-22-33(35(43)51)49(23-27)37(53)30(45-40(54)58-42(6,7)8)19-15-13-11-12-14-17-26-21-29(26)36(52)47-60(55,56)48(9)10/h14,16-18,20,24-27,29-30,33,39,46H,11-13,15,19,21-23H2,1-10H3,(H2,43,51)(H,45,54)(H,47,52)/b17-14-/t26-,27-,29+,30+,33+,39?/m1/s1. The third-order valence-electron chi connectivity index (χ3n) is 10.6. The maximum Gasteiger partial charge on any atom is 0.408 e. The molecule has 1 saturated carbocycles. The van der Waals surface area contributed by atoms with Gasteiger partial charge in [-0.25, -0.2) is 14.5 Å². The highest BCUT2D eigenvalue weighted by Crippen LogP contribution is 2.45. The number of amides is 4. The first-order valence-corrected chi connectivity index (χ1v) is 23.1. The van der Waals surface area contributed by atoms with E-state index in [2.05, 4.69) is 60.3 Å². The average molecular weight is 873 g/mol. The first kappa shape index (κ1) is 46.8. The number of primary amides is 1. The van der Waals surface area contributed by atoms with Gasteiger partial charge in [0.25, 0.3) is 0 Å². The van der Waals surface area contributed by atoms with Gasteiger partial charge >= 0.3 is 16.3 Å². The van der Waals surface area contributed by atoms with Crippen molar-refractivity contribution in [1.82, 2.24) is 24.2 Å². The molecule has 332 valence electrons. The average Bonchev–Trinajstić information content (AvgIpc) is 3.42. The summed E-state index contributed by atoms with van der Waals surface area (Å²) in [5, 5.41) is 9.44. The number of likely N-dealkylation sites (tertiary alicyclic amines) is 1. The smallest absolute Gasteiger partial charge is 0.408 e. The normalized spacial score (nSPS) is 22.2. The van der Waals surface area contributed by atoms with E-state index in [4.69, 9.17) is 20.2 Å². The van der Waals surface area contributed by atoms with Crippen LogP contribution in [0.15, 0.2) is 35.7 Å². The molecule has 0 radical (unpaired) electrons. The van der Waals surface area contributed by atoms with E-state index in [1.54, 1.807) is 32.1 Å². The SMILES string of the molecule is CC(C)N1c2cccc(-c3csc(C(C)(C)C)n3)c2NC1O[C@@H]1C[C@@H](C(N)=O)N(C(=O)[C@H](CCCCC/C=C\[C@@H]2C[C@@H]2C(=O)NS(=O)(=O)N(C)C)NC(=O)OC(C)(C)C)C1. The molecule has 2 aliphatic heterocycles. The molecule has 1 saturated heterocycles. The number of benzene rings is 1. The quantitative estimate of drug-likeness (QED) is 0.116. The number of nitrogens with zero attached hydrogens (tertiary/aromatic N) is 4. The van der Waals surface area contributed by atoms with Gasteiger partial charge in [-0.2, -0.15) is 12.7 Å². The molecule has 1 aromatic heterocycles. The summed E-state index contributed by atoms with van der Waals surface area (Å²) in [6.07, 6.45) is 5.99. The molecule has 0 spiro atoms. The van der Waals surface area contributed by atoms with E-state index in [-0.39, 0.29) is 36.3 Å². The molecule has 3 heterocycles. The number of para-hydroxylation sites is 1. The number of unbranched alkanes of at least 4 members (excludes halogenated alkanes) is 3. The molecule has 4 amide bonds. The van der Waals surface area contributed by atoms with Crippen LogP contribution in [-0.2, 0) is 39.5 Å². The minimum Gasteiger partial charge on any atom is -0.444 e. The molecule has 1 unspecified atom stereocenters. The van der Waals surface area contributed by atoms with Crippen molar-refractivity contribution in [3.63, 3.8) is 0 Å². The number of fused-ring (bicyclic) bond motifs is 1. The summed E-state index contributed by atoms with van der Waals surface area (Å²) in [7, 11) is -1.11. The van der Waals surface area contributed by atoms with Gasteiger partial charge in [0.15, 0.2) is 0 Å². The summed E-state index contributed by atoms with van der Waals surface area (Å²) < 4.78 is 39.2. The van der Waals surface area contributed by atoms with Crippen LogP contribution in [0.25, 0.3) is 11.3 Å². The number of nitrogens with one attached hydrogen (secondary N) is 3. The van der Waals surface area contributed by atoms with E-state index in [1.165, 1.54) is 19.0 Å². The lowest BCUT2D eigenvalue weighted by atomic mass is 9.98. The first-order chi connectivity index (χ1) is 28.0. The predicted molar refractivity (Wildman–Crippen MR) is 233 cm³/mol. The van der Waals surface area contributed by atoms with Gasteiger partial charge in [-0.1, -0.05) is 57.9 Å². The van der Waals surface area contributed by atoms with Crippen molar-refractivity contribution in [2.75, 3.05) is 30.9 Å². The molecule has 5 N–H and O–H groups in total. The van der Waals surface area contributed by atoms with Gasteiger partial charge in [0.1, 0.15) is 17.7 Å². The van der Waals surface area contributed by atoms with E-state index in [0.717, 1.165) is 51.2 Å². The molecule has 0 bridgehead atoms. The number of anilines is 2. The summed E-state index contributed by atoms with van der Waals surface area (Å²) >= 11 is 1.63. The number of thiazole rings is 1. The Morgan fingerprint density at radius 3 is 2.42 bits per heavy atom. The van der Waals surface area contributed by atoms with Crippen LogP contribution in [-0.4, -0.2) is 103 Å². The topological polar surface area (TPSA) is 206 Å². The molecule has 60 heavy (non-hydrogen) atoms. The van der Waals surface area contributed by atoms with Crippen molar-refractivity contribution in [2.45, 2.75) is 142 Å². The van der Waals surface area contributed by atoms with E-state index in [9.17, 15) is 27.6 Å². The van der Waals surface area contributed by atoms with Gasteiger partial charge in [0.05, 0.1) is 28.2 Å². The fraction of sp³-hybridized carbons (Fsp3) is 0.643. The molecule has 16 nitrogen and oxygen atoms in total. The number of ether oxygens (including phenoxy) is 2. The van der Waals surface area contributed by atoms with Crippen molar-refractivity contribution in [2.24, 2.45) is 17.6 Å². The van der Waals surface area contributed by atoms with Crippen molar-refractivity contribution in [3.8, 4) is 11.3 Å². The molecule has 1 aliphatic carbocycles. The molecule has 1 aromatic carbocycles. The summed E-state index contributed by atoms with van der Waals surface area (Å²) in [6, 6.07) is 4.21. The number of hydrogen-bond donors (Lipinski definition) is 4. The number of hydrogen-bond acceptors (Lipinski definition) is 12. The molecule has 18 heteroatoms. The van der Waals surface area contributed by atoms with Gasteiger partial charge in [-0.15, -0.1) is 11.3 Å². The molecule has 3 aliphatic rings. The lowest BCUT2D eigenvalue weighted by molar-refractivity contribution is -0.139. The van der Waals surface area contributed by atoms with Gasteiger partial charge in [-0.05, 0) is 72.3 Å². The van der Waals surface area contributed by atoms with E-state index in [0.29, 0.717) is 19.3 Å². The molecule has 2 fully saturated rings. The Morgan fingerprint density at radius 2 is 1.80 bits per heavy atom. The van der Waals surface area contributed by atoms with E-state index in [1.807, 2.05) is 30.4 Å². The number of carbonyl (C=O) groups is 4. The third kappa shape index (κ3) is 11.8.